The molecule has 1 N–H and O–H groups in total. The molecule has 0 radical (unpaired) electrons. The van der Waals surface area contributed by atoms with Gasteiger partial charge in [-0.05, 0) is 12.8 Å². The third-order valence-electron chi connectivity index (χ3n) is 2.08. The second-order valence-electron chi connectivity index (χ2n) is 3.09. The van der Waals surface area contributed by atoms with Gasteiger partial charge in [0.1, 0.15) is 6.10 Å². The van der Waals surface area contributed by atoms with Crippen LogP contribution in [0.4, 0.5) is 0 Å². The van der Waals surface area contributed by atoms with Crippen LogP contribution in [-0.4, -0.2) is 31.1 Å². The molecule has 1 rings (SSSR count). The van der Waals surface area contributed by atoms with Crippen LogP contribution in [0.3, 0.4) is 0 Å². The fourth-order valence-electron chi connectivity index (χ4n) is 1.41. The summed E-state index contributed by atoms with van der Waals surface area (Å²) in [5.74, 6) is -0.225. The zero-order valence-electron chi connectivity index (χ0n) is 6.60. The van der Waals surface area contributed by atoms with Crippen LogP contribution < -0.4 is 0 Å². The van der Waals surface area contributed by atoms with Gasteiger partial charge in [-0.2, -0.15) is 5.26 Å². The Hall–Kier alpha value is -0.600. The summed E-state index contributed by atoms with van der Waals surface area (Å²) in [7, 11) is -3.00. The van der Waals surface area contributed by atoms with Gasteiger partial charge < -0.3 is 5.11 Å². The summed E-state index contributed by atoms with van der Waals surface area (Å²) in [5.41, 5.74) is 0. The average Bonchev–Trinajstić information content (AvgIpc) is 2.01. The van der Waals surface area contributed by atoms with E-state index >= 15 is 0 Å². The minimum atomic E-state index is -3.00. The first kappa shape index (κ1) is 9.49. The second kappa shape index (κ2) is 3.42. The summed E-state index contributed by atoms with van der Waals surface area (Å²) in [5, 5.41) is 17.5. The Labute approximate surface area is 71.7 Å². The molecular weight excluding hydrogens is 178 g/mol. The molecule has 68 valence electrons. The van der Waals surface area contributed by atoms with Crippen molar-refractivity contribution in [2.24, 2.45) is 5.92 Å². The van der Waals surface area contributed by atoms with E-state index in [-0.39, 0.29) is 17.4 Å². The van der Waals surface area contributed by atoms with E-state index in [9.17, 15) is 8.42 Å². The highest BCUT2D eigenvalue weighted by Gasteiger charge is 2.29. The Morgan fingerprint density at radius 1 is 1.58 bits per heavy atom. The first-order valence-electron chi connectivity index (χ1n) is 3.83. The van der Waals surface area contributed by atoms with Crippen LogP contribution in [0.5, 0.6) is 0 Å². The Kier molecular flexibility index (Phi) is 2.70. The molecule has 1 aliphatic heterocycles. The van der Waals surface area contributed by atoms with E-state index in [4.69, 9.17) is 10.4 Å². The first-order chi connectivity index (χ1) is 5.55. The van der Waals surface area contributed by atoms with E-state index in [0.29, 0.717) is 12.8 Å². The van der Waals surface area contributed by atoms with Crippen molar-refractivity contribution >= 4 is 9.84 Å². The van der Waals surface area contributed by atoms with Crippen LogP contribution in [0.25, 0.3) is 0 Å². The molecule has 0 aromatic rings. The van der Waals surface area contributed by atoms with Crippen molar-refractivity contribution in [3.8, 4) is 6.07 Å². The SMILES string of the molecule is N#CC(O)C1CCCS(=O)(=O)C1. The zero-order chi connectivity index (χ0) is 9.19. The number of sulfone groups is 1. The van der Waals surface area contributed by atoms with Gasteiger partial charge in [0.25, 0.3) is 0 Å². The van der Waals surface area contributed by atoms with Crippen LogP contribution in [-0.2, 0) is 9.84 Å². The van der Waals surface area contributed by atoms with Gasteiger partial charge >= 0.3 is 0 Å². The lowest BCUT2D eigenvalue weighted by Crippen LogP contribution is -2.32. The van der Waals surface area contributed by atoms with Crippen molar-refractivity contribution in [3.05, 3.63) is 0 Å². The fraction of sp³-hybridized carbons (Fsp3) is 0.857. The molecule has 2 atom stereocenters. The molecule has 0 aliphatic carbocycles. The molecule has 0 aromatic heterocycles. The third-order valence-corrected chi connectivity index (χ3v) is 3.92. The van der Waals surface area contributed by atoms with Gasteiger partial charge in [-0.3, -0.25) is 0 Å². The van der Waals surface area contributed by atoms with Crippen LogP contribution in [0.15, 0.2) is 0 Å². The highest BCUT2D eigenvalue weighted by Crippen LogP contribution is 2.20. The molecule has 12 heavy (non-hydrogen) atoms. The monoisotopic (exact) mass is 189 g/mol. The van der Waals surface area contributed by atoms with E-state index in [1.807, 2.05) is 0 Å². The Morgan fingerprint density at radius 3 is 2.75 bits per heavy atom. The van der Waals surface area contributed by atoms with Crippen LogP contribution >= 0.6 is 0 Å². The van der Waals surface area contributed by atoms with E-state index in [0.717, 1.165) is 0 Å². The maximum Gasteiger partial charge on any atom is 0.150 e. The molecule has 1 saturated heterocycles. The molecule has 0 saturated carbocycles. The molecule has 1 aliphatic rings. The van der Waals surface area contributed by atoms with Gasteiger partial charge in [0.15, 0.2) is 9.84 Å². The van der Waals surface area contributed by atoms with Gasteiger partial charge in [0.2, 0.25) is 0 Å². The maximum absolute atomic E-state index is 11.1. The number of aliphatic hydroxyl groups is 1. The lowest BCUT2D eigenvalue weighted by molar-refractivity contribution is 0.162. The van der Waals surface area contributed by atoms with Crippen LogP contribution in [0.1, 0.15) is 12.8 Å². The normalized spacial score (nSPS) is 30.5. The van der Waals surface area contributed by atoms with Crippen molar-refractivity contribution in [3.63, 3.8) is 0 Å². The summed E-state index contributed by atoms with van der Waals surface area (Å²) in [6, 6.07) is 1.66. The second-order valence-corrected chi connectivity index (χ2v) is 5.32. The summed E-state index contributed by atoms with van der Waals surface area (Å²) < 4.78 is 22.1. The number of nitrogens with zero attached hydrogens (tertiary/aromatic N) is 1. The smallest absolute Gasteiger partial charge is 0.150 e. The summed E-state index contributed by atoms with van der Waals surface area (Å²) in [6.45, 7) is 0. The molecule has 0 amide bonds. The molecule has 2 unspecified atom stereocenters. The van der Waals surface area contributed by atoms with Gasteiger partial charge in [-0.25, -0.2) is 8.42 Å². The van der Waals surface area contributed by atoms with E-state index in [1.165, 1.54) is 0 Å². The molecule has 0 spiro atoms. The van der Waals surface area contributed by atoms with Crippen LogP contribution in [0.2, 0.25) is 0 Å². The molecule has 0 aromatic carbocycles. The lowest BCUT2D eigenvalue weighted by atomic mass is 10.00. The van der Waals surface area contributed by atoms with Gasteiger partial charge in [0.05, 0.1) is 17.6 Å². The number of hydrogen-bond acceptors (Lipinski definition) is 4. The minimum Gasteiger partial charge on any atom is -0.378 e. The van der Waals surface area contributed by atoms with Gasteiger partial charge in [0, 0.05) is 5.92 Å². The van der Waals surface area contributed by atoms with Crippen molar-refractivity contribution < 1.29 is 13.5 Å². The zero-order valence-corrected chi connectivity index (χ0v) is 7.42. The molecule has 1 fully saturated rings. The number of rotatable bonds is 1. The lowest BCUT2D eigenvalue weighted by Gasteiger charge is -2.22. The van der Waals surface area contributed by atoms with E-state index in [2.05, 4.69) is 0 Å². The Bertz CT molecular complexity index is 290. The maximum atomic E-state index is 11.1. The van der Waals surface area contributed by atoms with Gasteiger partial charge in [-0.1, -0.05) is 0 Å². The largest absolute Gasteiger partial charge is 0.378 e. The molecular formula is C7H11NO3S. The first-order valence-corrected chi connectivity index (χ1v) is 5.65. The van der Waals surface area contributed by atoms with Crippen molar-refractivity contribution in [1.29, 1.82) is 5.26 Å². The molecule has 5 heteroatoms. The Morgan fingerprint density at radius 2 is 2.25 bits per heavy atom. The summed E-state index contributed by atoms with van der Waals surface area (Å²) in [6.07, 6.45) is 0.0692. The fourth-order valence-corrected chi connectivity index (χ4v) is 3.19. The standard InChI is InChI=1S/C7H11NO3S/c8-4-7(9)6-2-1-3-12(10,11)5-6/h6-7,9H,1-3,5H2. The van der Waals surface area contributed by atoms with E-state index < -0.39 is 15.9 Å². The molecule has 0 bridgehead atoms. The van der Waals surface area contributed by atoms with Crippen LogP contribution in [0, 0.1) is 17.2 Å². The predicted octanol–water partition coefficient (Wildman–Crippen LogP) is -0.304. The third kappa shape index (κ3) is 2.19. The quantitative estimate of drug-likeness (QED) is 0.574. The highest BCUT2D eigenvalue weighted by atomic mass is 32.2. The molecule has 1 heterocycles. The predicted molar refractivity (Wildman–Crippen MR) is 43.0 cm³/mol. The average molecular weight is 189 g/mol. The summed E-state index contributed by atoms with van der Waals surface area (Å²) in [4.78, 5) is 0. The van der Waals surface area contributed by atoms with Gasteiger partial charge in [-0.15, -0.1) is 0 Å². The van der Waals surface area contributed by atoms with Crippen molar-refractivity contribution in [2.75, 3.05) is 11.5 Å². The minimum absolute atomic E-state index is 0.0400. The number of nitriles is 1. The number of hydrogen-bond donors (Lipinski definition) is 1. The number of aliphatic hydroxyl groups excluding tert-OH is 1. The van der Waals surface area contributed by atoms with Crippen molar-refractivity contribution in [2.45, 2.75) is 18.9 Å². The topological polar surface area (TPSA) is 78.2 Å². The van der Waals surface area contributed by atoms with E-state index in [1.54, 1.807) is 6.07 Å². The highest BCUT2D eigenvalue weighted by molar-refractivity contribution is 7.91. The Balaban J connectivity index is 2.66. The van der Waals surface area contributed by atoms with Crippen molar-refractivity contribution in [1.82, 2.24) is 0 Å². The molecule has 4 nitrogen and oxygen atoms in total. The summed E-state index contributed by atoms with van der Waals surface area (Å²) >= 11 is 0.